The quantitative estimate of drug-likeness (QED) is 0.630. The molecule has 1 aliphatic rings. The first-order valence-corrected chi connectivity index (χ1v) is 8.35. The molecular formula is C17H35N. The van der Waals surface area contributed by atoms with Gasteiger partial charge in [0.05, 0.1) is 0 Å². The summed E-state index contributed by atoms with van der Waals surface area (Å²) in [6.45, 7) is 10.5. The van der Waals surface area contributed by atoms with Crippen LogP contribution in [0.5, 0.6) is 0 Å². The van der Waals surface area contributed by atoms with Gasteiger partial charge in [0.1, 0.15) is 0 Å². The Morgan fingerprint density at radius 1 is 1.11 bits per heavy atom. The first kappa shape index (κ1) is 16.0. The van der Waals surface area contributed by atoms with Gasteiger partial charge < -0.3 is 5.32 Å². The molecule has 18 heavy (non-hydrogen) atoms. The Bertz CT molecular complexity index is 202. The summed E-state index contributed by atoms with van der Waals surface area (Å²) in [7, 11) is 0. The van der Waals surface area contributed by atoms with Gasteiger partial charge in [0.25, 0.3) is 0 Å². The zero-order valence-electron chi connectivity index (χ0n) is 13.2. The molecule has 1 nitrogen and oxygen atoms in total. The lowest BCUT2D eigenvalue weighted by atomic mass is 9.67. The standard InChI is InChI=1S/C17H35N/c1-5-7-8-16-9-12-17(11-6-2,13-10-16)14-18-15(3)4/h15-16,18H,5-14H2,1-4H3. The van der Waals surface area contributed by atoms with Crippen LogP contribution in [-0.4, -0.2) is 12.6 Å². The molecule has 0 saturated heterocycles. The summed E-state index contributed by atoms with van der Waals surface area (Å²) < 4.78 is 0. The first-order valence-electron chi connectivity index (χ1n) is 8.35. The molecule has 0 bridgehead atoms. The van der Waals surface area contributed by atoms with Crippen LogP contribution in [0.15, 0.2) is 0 Å². The highest BCUT2D eigenvalue weighted by Crippen LogP contribution is 2.43. The Labute approximate surface area is 115 Å². The van der Waals surface area contributed by atoms with Crippen molar-refractivity contribution in [3.63, 3.8) is 0 Å². The van der Waals surface area contributed by atoms with Gasteiger partial charge in [-0.15, -0.1) is 0 Å². The Hall–Kier alpha value is -0.0400. The molecule has 1 fully saturated rings. The van der Waals surface area contributed by atoms with E-state index in [1.54, 1.807) is 0 Å². The van der Waals surface area contributed by atoms with E-state index in [2.05, 4.69) is 33.0 Å². The van der Waals surface area contributed by atoms with E-state index >= 15 is 0 Å². The molecule has 1 saturated carbocycles. The van der Waals surface area contributed by atoms with Gasteiger partial charge in [-0.1, -0.05) is 53.4 Å². The molecule has 0 aromatic carbocycles. The van der Waals surface area contributed by atoms with Crippen molar-refractivity contribution in [1.82, 2.24) is 5.32 Å². The molecule has 0 unspecified atom stereocenters. The predicted octanol–water partition coefficient (Wildman–Crippen LogP) is 5.15. The minimum absolute atomic E-state index is 0.627. The summed E-state index contributed by atoms with van der Waals surface area (Å²) in [6.07, 6.45) is 13.0. The fourth-order valence-electron chi connectivity index (χ4n) is 3.54. The SMILES string of the molecule is CCCCC1CCC(CCC)(CNC(C)C)CC1. The number of rotatable bonds is 8. The molecule has 0 aromatic heterocycles. The van der Waals surface area contributed by atoms with E-state index in [1.165, 1.54) is 64.3 Å². The van der Waals surface area contributed by atoms with E-state index < -0.39 is 0 Å². The third kappa shape index (κ3) is 5.30. The number of unbranched alkanes of at least 4 members (excludes halogenated alkanes) is 1. The second kappa shape index (κ2) is 8.19. The molecule has 108 valence electrons. The lowest BCUT2D eigenvalue weighted by Gasteiger charge is -2.41. The molecule has 0 atom stereocenters. The lowest BCUT2D eigenvalue weighted by Crippen LogP contribution is -2.40. The molecular weight excluding hydrogens is 218 g/mol. The van der Waals surface area contributed by atoms with Crippen molar-refractivity contribution >= 4 is 0 Å². The summed E-state index contributed by atoms with van der Waals surface area (Å²) in [4.78, 5) is 0. The molecule has 0 aromatic rings. The first-order chi connectivity index (χ1) is 8.62. The topological polar surface area (TPSA) is 12.0 Å². The highest BCUT2D eigenvalue weighted by molar-refractivity contribution is 4.87. The summed E-state index contributed by atoms with van der Waals surface area (Å²) in [6, 6.07) is 0.636. The third-order valence-electron chi connectivity index (χ3n) is 4.80. The van der Waals surface area contributed by atoms with Crippen LogP contribution < -0.4 is 5.32 Å². The van der Waals surface area contributed by atoms with E-state index in [0.29, 0.717) is 11.5 Å². The van der Waals surface area contributed by atoms with Crippen LogP contribution >= 0.6 is 0 Å². The van der Waals surface area contributed by atoms with Gasteiger partial charge in [0, 0.05) is 12.6 Å². The molecule has 0 heterocycles. The highest BCUT2D eigenvalue weighted by Gasteiger charge is 2.34. The van der Waals surface area contributed by atoms with Gasteiger partial charge in [-0.2, -0.15) is 0 Å². The van der Waals surface area contributed by atoms with Crippen molar-refractivity contribution in [3.05, 3.63) is 0 Å². The van der Waals surface area contributed by atoms with Gasteiger partial charge in [-0.05, 0) is 43.4 Å². The molecule has 0 amide bonds. The van der Waals surface area contributed by atoms with Crippen LogP contribution in [0.3, 0.4) is 0 Å². The molecule has 1 aliphatic carbocycles. The zero-order chi connectivity index (χ0) is 13.4. The predicted molar refractivity (Wildman–Crippen MR) is 82.0 cm³/mol. The summed E-state index contributed by atoms with van der Waals surface area (Å²) in [5, 5.41) is 3.70. The van der Waals surface area contributed by atoms with Crippen LogP contribution in [0.1, 0.15) is 85.5 Å². The van der Waals surface area contributed by atoms with E-state index in [-0.39, 0.29) is 0 Å². The normalized spacial score (nSPS) is 28.8. The van der Waals surface area contributed by atoms with Crippen molar-refractivity contribution in [2.24, 2.45) is 11.3 Å². The average molecular weight is 253 g/mol. The van der Waals surface area contributed by atoms with Gasteiger partial charge in [0.15, 0.2) is 0 Å². The van der Waals surface area contributed by atoms with Gasteiger partial charge >= 0.3 is 0 Å². The molecule has 0 aliphatic heterocycles. The average Bonchev–Trinajstić information content (AvgIpc) is 2.36. The van der Waals surface area contributed by atoms with E-state index in [9.17, 15) is 0 Å². The minimum Gasteiger partial charge on any atom is -0.314 e. The van der Waals surface area contributed by atoms with Crippen LogP contribution in [0.4, 0.5) is 0 Å². The smallest absolute Gasteiger partial charge is 0.00106 e. The lowest BCUT2D eigenvalue weighted by molar-refractivity contribution is 0.124. The van der Waals surface area contributed by atoms with Crippen molar-refractivity contribution in [1.29, 1.82) is 0 Å². The fraction of sp³-hybridized carbons (Fsp3) is 1.00. The van der Waals surface area contributed by atoms with E-state index in [0.717, 1.165) is 5.92 Å². The Balaban J connectivity index is 2.40. The van der Waals surface area contributed by atoms with E-state index in [1.807, 2.05) is 0 Å². The van der Waals surface area contributed by atoms with Gasteiger partial charge in [-0.25, -0.2) is 0 Å². The van der Waals surface area contributed by atoms with Crippen molar-refractivity contribution < 1.29 is 0 Å². The van der Waals surface area contributed by atoms with Crippen LogP contribution in [0.25, 0.3) is 0 Å². The number of hydrogen-bond acceptors (Lipinski definition) is 1. The maximum atomic E-state index is 3.70. The number of hydrogen-bond donors (Lipinski definition) is 1. The molecule has 1 heteroatoms. The number of nitrogens with one attached hydrogen (secondary N) is 1. The highest BCUT2D eigenvalue weighted by atomic mass is 14.9. The Morgan fingerprint density at radius 2 is 1.78 bits per heavy atom. The van der Waals surface area contributed by atoms with E-state index in [4.69, 9.17) is 0 Å². The molecule has 1 rings (SSSR count). The minimum atomic E-state index is 0.627. The van der Waals surface area contributed by atoms with Gasteiger partial charge in [0.2, 0.25) is 0 Å². The third-order valence-corrected chi connectivity index (χ3v) is 4.80. The summed E-state index contributed by atoms with van der Waals surface area (Å²) in [5.74, 6) is 1.04. The van der Waals surface area contributed by atoms with Crippen molar-refractivity contribution in [3.8, 4) is 0 Å². The van der Waals surface area contributed by atoms with Crippen LogP contribution in [0, 0.1) is 11.3 Å². The Morgan fingerprint density at radius 3 is 2.28 bits per heavy atom. The molecule has 0 radical (unpaired) electrons. The fourth-order valence-corrected chi connectivity index (χ4v) is 3.54. The second-order valence-corrected chi connectivity index (χ2v) is 6.87. The maximum absolute atomic E-state index is 3.70. The Kier molecular flexibility index (Phi) is 7.29. The summed E-state index contributed by atoms with van der Waals surface area (Å²) in [5.41, 5.74) is 0.627. The monoisotopic (exact) mass is 253 g/mol. The molecule has 0 spiro atoms. The molecule has 1 N–H and O–H groups in total. The van der Waals surface area contributed by atoms with Crippen molar-refractivity contribution in [2.75, 3.05) is 6.54 Å². The van der Waals surface area contributed by atoms with Crippen LogP contribution in [-0.2, 0) is 0 Å². The maximum Gasteiger partial charge on any atom is 0.00106 e. The summed E-state index contributed by atoms with van der Waals surface area (Å²) >= 11 is 0. The van der Waals surface area contributed by atoms with Crippen molar-refractivity contribution in [2.45, 2.75) is 91.5 Å². The largest absolute Gasteiger partial charge is 0.314 e. The van der Waals surface area contributed by atoms with Crippen LogP contribution in [0.2, 0.25) is 0 Å². The second-order valence-electron chi connectivity index (χ2n) is 6.87. The zero-order valence-corrected chi connectivity index (χ0v) is 13.2. The van der Waals surface area contributed by atoms with Gasteiger partial charge in [-0.3, -0.25) is 0 Å².